The number of carbonyl (C=O) groups excluding carboxylic acids is 1. The third kappa shape index (κ3) is 5.03. The van der Waals surface area contributed by atoms with E-state index in [-0.39, 0.29) is 17.2 Å². The van der Waals surface area contributed by atoms with Crippen LogP contribution in [0.15, 0.2) is 52.4 Å². The molecule has 0 spiro atoms. The van der Waals surface area contributed by atoms with Crippen molar-refractivity contribution in [3.8, 4) is 5.75 Å². The minimum absolute atomic E-state index is 0.105. The van der Waals surface area contributed by atoms with Crippen LogP contribution >= 0.6 is 11.8 Å². The van der Waals surface area contributed by atoms with Crippen molar-refractivity contribution in [2.24, 2.45) is 0 Å². The van der Waals surface area contributed by atoms with Gasteiger partial charge in [0, 0.05) is 37.3 Å². The van der Waals surface area contributed by atoms with Crippen LogP contribution in [0.4, 0.5) is 5.69 Å². The van der Waals surface area contributed by atoms with E-state index in [4.69, 9.17) is 4.74 Å². The lowest BCUT2D eigenvalue weighted by molar-refractivity contribution is -0.113. The minimum Gasteiger partial charge on any atom is -0.496 e. The lowest BCUT2D eigenvalue weighted by Crippen LogP contribution is -2.35. The van der Waals surface area contributed by atoms with Crippen LogP contribution < -0.4 is 15.6 Å². The molecule has 176 valence electrons. The Balaban J connectivity index is 1.20. The fourth-order valence-electron chi connectivity index (χ4n) is 4.72. The predicted octanol–water partition coefficient (Wildman–Crippen LogP) is 3.56. The quantitative estimate of drug-likeness (QED) is 0.401. The molecule has 1 aliphatic heterocycles. The van der Waals surface area contributed by atoms with Crippen LogP contribution in [-0.4, -0.2) is 40.2 Å². The first-order valence-electron chi connectivity index (χ1n) is 11.6. The number of hydrogen-bond donors (Lipinski definition) is 2. The molecule has 5 rings (SSSR count). The molecule has 3 aromatic rings. The maximum absolute atomic E-state index is 12.8. The second-order valence-corrected chi connectivity index (χ2v) is 9.71. The van der Waals surface area contributed by atoms with Gasteiger partial charge in [0.15, 0.2) is 5.16 Å². The Morgan fingerprint density at radius 2 is 2.03 bits per heavy atom. The summed E-state index contributed by atoms with van der Waals surface area (Å²) in [7, 11) is 1.67. The van der Waals surface area contributed by atoms with Gasteiger partial charge in [0.05, 0.1) is 24.1 Å². The Bertz CT molecular complexity index is 1270. The summed E-state index contributed by atoms with van der Waals surface area (Å²) < 4.78 is 5.46. The van der Waals surface area contributed by atoms with Gasteiger partial charge >= 0.3 is 0 Å². The van der Waals surface area contributed by atoms with Gasteiger partial charge in [0.2, 0.25) is 5.91 Å². The molecule has 2 aliphatic rings. The Hall–Kier alpha value is -3.10. The molecule has 8 heteroatoms. The summed E-state index contributed by atoms with van der Waals surface area (Å²) in [5.74, 6) is 0.940. The van der Waals surface area contributed by atoms with Gasteiger partial charge < -0.3 is 15.0 Å². The molecule has 0 atom stereocenters. The highest BCUT2D eigenvalue weighted by Crippen LogP contribution is 2.26. The van der Waals surface area contributed by atoms with E-state index in [2.05, 4.69) is 32.3 Å². The smallest absolute Gasteiger partial charge is 0.256 e. The van der Waals surface area contributed by atoms with Gasteiger partial charge in [-0.3, -0.25) is 14.5 Å². The molecule has 0 bridgehead atoms. The van der Waals surface area contributed by atoms with Gasteiger partial charge in [-0.2, -0.15) is 0 Å². The van der Waals surface area contributed by atoms with Crippen LogP contribution in [0.3, 0.4) is 0 Å². The van der Waals surface area contributed by atoms with Gasteiger partial charge in [-0.25, -0.2) is 4.98 Å². The highest BCUT2D eigenvalue weighted by molar-refractivity contribution is 7.99. The lowest BCUT2D eigenvalue weighted by atomic mass is 10.1. The first kappa shape index (κ1) is 22.7. The summed E-state index contributed by atoms with van der Waals surface area (Å²) in [5, 5.41) is 3.45. The summed E-state index contributed by atoms with van der Waals surface area (Å²) in [6, 6.07) is 14.1. The molecule has 0 fully saturated rings. The molecule has 2 heterocycles. The van der Waals surface area contributed by atoms with E-state index < -0.39 is 0 Å². The van der Waals surface area contributed by atoms with E-state index in [1.807, 2.05) is 30.3 Å². The average molecular weight is 477 g/mol. The largest absolute Gasteiger partial charge is 0.496 e. The third-order valence-corrected chi connectivity index (χ3v) is 7.31. The van der Waals surface area contributed by atoms with E-state index in [1.54, 1.807) is 7.11 Å². The number of nitrogens with one attached hydrogen (secondary N) is 2. The zero-order valence-corrected chi connectivity index (χ0v) is 20.0. The number of methoxy groups -OCH3 is 1. The van der Waals surface area contributed by atoms with Gasteiger partial charge in [0.1, 0.15) is 5.75 Å². The number of ether oxygens (including phenoxy) is 1. The van der Waals surface area contributed by atoms with Crippen molar-refractivity contribution in [3.05, 3.63) is 80.8 Å². The van der Waals surface area contributed by atoms with E-state index in [1.165, 1.54) is 29.3 Å². The van der Waals surface area contributed by atoms with Crippen LogP contribution in [0.1, 0.15) is 34.4 Å². The summed E-state index contributed by atoms with van der Waals surface area (Å²) in [4.78, 5) is 35.0. The van der Waals surface area contributed by atoms with Crippen molar-refractivity contribution in [1.82, 2.24) is 14.9 Å². The summed E-state index contributed by atoms with van der Waals surface area (Å²) in [5.41, 5.74) is 6.02. The zero-order chi connectivity index (χ0) is 23.5. The molecule has 1 aromatic heterocycles. The summed E-state index contributed by atoms with van der Waals surface area (Å²) in [6.07, 6.45) is 4.07. The van der Waals surface area contributed by atoms with Crippen LogP contribution in [0.2, 0.25) is 0 Å². The number of aromatic amines is 1. The standard InChI is InChI=1S/C26H28N4O3S/c1-33-23-8-3-2-5-19(23)14-30-12-11-22-21(15-30)25(32)29-26(28-22)34-16-24(31)27-20-10-9-17-6-4-7-18(17)13-20/h2-3,5,8-10,13H,4,6-7,11-12,14-16H2,1H3,(H,27,31)(H,28,29,32). The monoisotopic (exact) mass is 476 g/mol. The molecule has 0 radical (unpaired) electrons. The molecular formula is C26H28N4O3S. The number of aromatic nitrogens is 2. The fourth-order valence-corrected chi connectivity index (χ4v) is 5.40. The normalized spacial score (nSPS) is 15.0. The van der Waals surface area contributed by atoms with Crippen LogP contribution in [0, 0.1) is 0 Å². The zero-order valence-electron chi connectivity index (χ0n) is 19.2. The number of para-hydroxylation sites is 1. The number of aryl methyl sites for hydroxylation is 2. The minimum atomic E-state index is -0.128. The first-order chi connectivity index (χ1) is 16.6. The number of fused-ring (bicyclic) bond motifs is 2. The third-order valence-electron chi connectivity index (χ3n) is 6.43. The van der Waals surface area contributed by atoms with Crippen LogP contribution in [-0.2, 0) is 37.1 Å². The molecule has 2 N–H and O–H groups in total. The number of amides is 1. The number of nitrogens with zero attached hydrogens (tertiary/aromatic N) is 2. The molecule has 7 nitrogen and oxygen atoms in total. The lowest BCUT2D eigenvalue weighted by Gasteiger charge is -2.28. The number of anilines is 1. The number of H-pyrrole nitrogens is 1. The Morgan fingerprint density at radius 1 is 1.18 bits per heavy atom. The van der Waals surface area contributed by atoms with Crippen molar-refractivity contribution in [2.75, 3.05) is 24.7 Å². The molecule has 2 aromatic carbocycles. The van der Waals surface area contributed by atoms with Crippen molar-refractivity contribution >= 4 is 23.4 Å². The second-order valence-electron chi connectivity index (χ2n) is 8.74. The highest BCUT2D eigenvalue weighted by atomic mass is 32.2. The van der Waals surface area contributed by atoms with Crippen molar-refractivity contribution in [3.63, 3.8) is 0 Å². The average Bonchev–Trinajstić information content (AvgIpc) is 3.31. The van der Waals surface area contributed by atoms with Crippen molar-refractivity contribution in [2.45, 2.75) is 43.9 Å². The maximum atomic E-state index is 12.8. The van der Waals surface area contributed by atoms with Gasteiger partial charge in [-0.15, -0.1) is 0 Å². The molecule has 0 unspecified atom stereocenters. The van der Waals surface area contributed by atoms with E-state index in [0.717, 1.165) is 42.1 Å². The molecule has 0 saturated carbocycles. The van der Waals surface area contributed by atoms with Crippen molar-refractivity contribution in [1.29, 1.82) is 0 Å². The molecule has 1 aliphatic carbocycles. The molecule has 34 heavy (non-hydrogen) atoms. The second kappa shape index (κ2) is 10.0. The first-order valence-corrected chi connectivity index (χ1v) is 12.6. The molecule has 0 saturated heterocycles. The Kier molecular flexibility index (Phi) is 6.69. The van der Waals surface area contributed by atoms with Gasteiger partial charge in [-0.1, -0.05) is 36.0 Å². The Labute approximate surface area is 202 Å². The maximum Gasteiger partial charge on any atom is 0.256 e. The molecule has 1 amide bonds. The number of benzene rings is 2. The van der Waals surface area contributed by atoms with Gasteiger partial charge in [-0.05, 0) is 48.6 Å². The highest BCUT2D eigenvalue weighted by Gasteiger charge is 2.22. The van der Waals surface area contributed by atoms with E-state index in [9.17, 15) is 9.59 Å². The summed E-state index contributed by atoms with van der Waals surface area (Å²) >= 11 is 1.26. The number of carbonyl (C=O) groups is 1. The Morgan fingerprint density at radius 3 is 2.91 bits per heavy atom. The van der Waals surface area contributed by atoms with E-state index >= 15 is 0 Å². The number of rotatable bonds is 7. The van der Waals surface area contributed by atoms with Crippen LogP contribution in [0.5, 0.6) is 5.75 Å². The topological polar surface area (TPSA) is 87.3 Å². The number of hydrogen-bond acceptors (Lipinski definition) is 6. The van der Waals surface area contributed by atoms with Crippen molar-refractivity contribution < 1.29 is 9.53 Å². The predicted molar refractivity (Wildman–Crippen MR) is 133 cm³/mol. The number of thioether (sulfide) groups is 1. The fraction of sp³-hybridized carbons (Fsp3) is 0.346. The summed E-state index contributed by atoms with van der Waals surface area (Å²) in [6.45, 7) is 2.06. The van der Waals surface area contributed by atoms with Gasteiger partial charge in [0.25, 0.3) is 5.56 Å². The SMILES string of the molecule is COc1ccccc1CN1CCc2nc(SCC(=O)Nc3ccc4c(c3)CCC4)[nH]c(=O)c2C1. The van der Waals surface area contributed by atoms with E-state index in [0.29, 0.717) is 30.2 Å². The molecular weight excluding hydrogens is 448 g/mol. The van der Waals surface area contributed by atoms with Crippen LogP contribution in [0.25, 0.3) is 0 Å².